The summed E-state index contributed by atoms with van der Waals surface area (Å²) in [5.74, 6) is -0.864. The van der Waals surface area contributed by atoms with Gasteiger partial charge < -0.3 is 10.2 Å². The van der Waals surface area contributed by atoms with Crippen molar-refractivity contribution in [2.24, 2.45) is 5.92 Å². The zero-order valence-corrected chi connectivity index (χ0v) is 15.1. The Kier molecular flexibility index (Phi) is 6.67. The maximum Gasteiger partial charge on any atom is 0.416 e. The van der Waals surface area contributed by atoms with Crippen molar-refractivity contribution in [3.8, 4) is 0 Å². The summed E-state index contributed by atoms with van der Waals surface area (Å²) >= 11 is 0. The minimum atomic E-state index is -4.43. The van der Waals surface area contributed by atoms with Gasteiger partial charge in [0.2, 0.25) is 11.8 Å². The third kappa shape index (κ3) is 4.77. The summed E-state index contributed by atoms with van der Waals surface area (Å²) in [5.41, 5.74) is -0.352. The summed E-state index contributed by atoms with van der Waals surface area (Å²) in [6.45, 7) is 5.14. The van der Waals surface area contributed by atoms with Gasteiger partial charge >= 0.3 is 6.18 Å². The van der Waals surface area contributed by atoms with Gasteiger partial charge in [0.15, 0.2) is 0 Å². The van der Waals surface area contributed by atoms with Crippen LogP contribution in [0.25, 0.3) is 0 Å². The number of hydrogen-bond donors (Lipinski definition) is 1. The molecule has 7 heteroatoms. The fourth-order valence-electron chi connectivity index (χ4n) is 3.39. The Hall–Kier alpha value is -2.05. The van der Waals surface area contributed by atoms with E-state index in [1.807, 2.05) is 6.92 Å². The fourth-order valence-corrected chi connectivity index (χ4v) is 3.39. The molecule has 144 valence electrons. The predicted octanol–water partition coefficient (Wildman–Crippen LogP) is 3.57. The summed E-state index contributed by atoms with van der Waals surface area (Å²) < 4.78 is 38.8. The van der Waals surface area contributed by atoms with Gasteiger partial charge in [-0.15, -0.1) is 0 Å². The number of likely N-dealkylation sites (tertiary alicyclic amines) is 1. The van der Waals surface area contributed by atoms with E-state index in [-0.39, 0.29) is 17.7 Å². The molecule has 1 aromatic rings. The van der Waals surface area contributed by atoms with Crippen LogP contribution in [0.1, 0.15) is 50.2 Å². The number of nitrogens with zero attached hydrogens (tertiary/aromatic N) is 1. The van der Waals surface area contributed by atoms with Crippen molar-refractivity contribution in [1.82, 2.24) is 10.2 Å². The molecule has 0 aromatic heterocycles. The third-order valence-electron chi connectivity index (χ3n) is 4.85. The SMILES string of the molecule is CCNC(=O)C1CCN(C(=O)[C@H](CC)c2cccc(C(F)(F)F)c2)CC1. The Bertz CT molecular complexity index is 638. The van der Waals surface area contributed by atoms with Gasteiger partial charge in [-0.2, -0.15) is 13.2 Å². The van der Waals surface area contributed by atoms with Gasteiger partial charge in [0.05, 0.1) is 11.5 Å². The van der Waals surface area contributed by atoms with Gasteiger partial charge in [0, 0.05) is 25.6 Å². The van der Waals surface area contributed by atoms with Crippen LogP contribution in [0.4, 0.5) is 13.2 Å². The second-order valence-corrected chi connectivity index (χ2v) is 6.58. The number of alkyl halides is 3. The maximum absolute atomic E-state index is 12.9. The molecule has 0 saturated carbocycles. The molecule has 2 rings (SSSR count). The number of carbonyl (C=O) groups is 2. The lowest BCUT2D eigenvalue weighted by atomic mass is 9.90. The number of nitrogens with one attached hydrogen (secondary N) is 1. The molecule has 2 amide bonds. The van der Waals surface area contributed by atoms with Gasteiger partial charge in [0.25, 0.3) is 0 Å². The van der Waals surface area contributed by atoms with Crippen molar-refractivity contribution >= 4 is 11.8 Å². The van der Waals surface area contributed by atoms with Gasteiger partial charge in [-0.25, -0.2) is 0 Å². The molecule has 0 unspecified atom stereocenters. The van der Waals surface area contributed by atoms with E-state index < -0.39 is 17.7 Å². The molecule has 0 aliphatic carbocycles. The molecule has 26 heavy (non-hydrogen) atoms. The van der Waals surface area contributed by atoms with Crippen molar-refractivity contribution in [3.63, 3.8) is 0 Å². The molecule has 4 nitrogen and oxygen atoms in total. The van der Waals surface area contributed by atoms with Crippen LogP contribution >= 0.6 is 0 Å². The highest BCUT2D eigenvalue weighted by Crippen LogP contribution is 2.33. The highest BCUT2D eigenvalue weighted by atomic mass is 19.4. The Morgan fingerprint density at radius 2 is 1.88 bits per heavy atom. The number of amides is 2. The van der Waals surface area contributed by atoms with Gasteiger partial charge in [0.1, 0.15) is 0 Å². The number of halogens is 3. The summed E-state index contributed by atoms with van der Waals surface area (Å²) in [6.07, 6.45) is -2.84. The smallest absolute Gasteiger partial charge is 0.356 e. The largest absolute Gasteiger partial charge is 0.416 e. The first kappa shape index (κ1) is 20.3. The minimum Gasteiger partial charge on any atom is -0.356 e. The lowest BCUT2D eigenvalue weighted by Crippen LogP contribution is -2.44. The van der Waals surface area contributed by atoms with Crippen LogP contribution in [-0.4, -0.2) is 36.3 Å². The molecule has 1 N–H and O–H groups in total. The molecule has 0 bridgehead atoms. The Labute approximate surface area is 151 Å². The van der Waals surface area contributed by atoms with Crippen molar-refractivity contribution in [1.29, 1.82) is 0 Å². The summed E-state index contributed by atoms with van der Waals surface area (Å²) in [6, 6.07) is 4.99. The topological polar surface area (TPSA) is 49.4 Å². The molecular weight excluding hydrogens is 345 g/mol. The van der Waals surface area contributed by atoms with Gasteiger partial charge in [-0.3, -0.25) is 9.59 Å². The number of hydrogen-bond acceptors (Lipinski definition) is 2. The summed E-state index contributed by atoms with van der Waals surface area (Å²) in [5, 5.41) is 2.79. The van der Waals surface area contributed by atoms with Crippen LogP contribution in [0.5, 0.6) is 0 Å². The van der Waals surface area contributed by atoms with Crippen molar-refractivity contribution in [2.75, 3.05) is 19.6 Å². The summed E-state index contributed by atoms with van der Waals surface area (Å²) in [7, 11) is 0. The first-order valence-electron chi connectivity index (χ1n) is 9.01. The second kappa shape index (κ2) is 8.56. The first-order valence-corrected chi connectivity index (χ1v) is 9.01. The normalized spacial score (nSPS) is 17.0. The monoisotopic (exact) mass is 370 g/mol. The lowest BCUT2D eigenvalue weighted by Gasteiger charge is -2.33. The van der Waals surface area contributed by atoms with Crippen LogP contribution in [0, 0.1) is 5.92 Å². The van der Waals surface area contributed by atoms with E-state index in [0.717, 1.165) is 12.1 Å². The van der Waals surface area contributed by atoms with E-state index in [0.29, 0.717) is 44.5 Å². The molecule has 1 aliphatic heterocycles. The van der Waals surface area contributed by atoms with E-state index in [1.54, 1.807) is 17.9 Å². The highest BCUT2D eigenvalue weighted by Gasteiger charge is 2.33. The zero-order valence-electron chi connectivity index (χ0n) is 15.1. The van der Waals surface area contributed by atoms with Crippen LogP contribution in [0.3, 0.4) is 0 Å². The first-order chi connectivity index (χ1) is 12.3. The summed E-state index contributed by atoms with van der Waals surface area (Å²) in [4.78, 5) is 26.4. The molecular formula is C19H25F3N2O2. The standard InChI is InChI=1S/C19H25F3N2O2/c1-3-16(14-6-5-7-15(12-14)19(20,21)22)18(26)24-10-8-13(9-11-24)17(25)23-4-2/h5-7,12-13,16H,3-4,8-11H2,1-2H3,(H,23,25)/t16-/m1/s1. The number of carbonyl (C=O) groups excluding carboxylic acids is 2. The van der Waals surface area contributed by atoms with E-state index in [9.17, 15) is 22.8 Å². The maximum atomic E-state index is 12.9. The van der Waals surface area contributed by atoms with Crippen LogP contribution in [0.2, 0.25) is 0 Å². The average molecular weight is 370 g/mol. The quantitative estimate of drug-likeness (QED) is 0.861. The molecule has 1 aromatic carbocycles. The number of piperidine rings is 1. The third-order valence-corrected chi connectivity index (χ3v) is 4.85. The highest BCUT2D eigenvalue weighted by molar-refractivity contribution is 5.84. The van der Waals surface area contributed by atoms with E-state index in [1.165, 1.54) is 6.07 Å². The average Bonchev–Trinajstić information content (AvgIpc) is 2.62. The molecule has 1 fully saturated rings. The van der Waals surface area contributed by atoms with Crippen molar-refractivity contribution < 1.29 is 22.8 Å². The van der Waals surface area contributed by atoms with Crippen molar-refractivity contribution in [3.05, 3.63) is 35.4 Å². The van der Waals surface area contributed by atoms with E-state index in [4.69, 9.17) is 0 Å². The molecule has 1 atom stereocenters. The molecule has 0 spiro atoms. The van der Waals surface area contributed by atoms with E-state index in [2.05, 4.69) is 5.32 Å². The van der Waals surface area contributed by atoms with Crippen LogP contribution < -0.4 is 5.32 Å². The zero-order chi connectivity index (χ0) is 19.3. The van der Waals surface area contributed by atoms with Crippen LogP contribution in [0.15, 0.2) is 24.3 Å². The van der Waals surface area contributed by atoms with Gasteiger partial charge in [-0.1, -0.05) is 25.1 Å². The number of benzene rings is 1. The fraction of sp³-hybridized carbons (Fsp3) is 0.579. The molecule has 1 heterocycles. The number of rotatable bonds is 5. The lowest BCUT2D eigenvalue weighted by molar-refractivity contribution is -0.138. The molecule has 1 aliphatic rings. The predicted molar refractivity (Wildman–Crippen MR) is 92.5 cm³/mol. The van der Waals surface area contributed by atoms with Gasteiger partial charge in [-0.05, 0) is 37.8 Å². The molecule has 1 saturated heterocycles. The Balaban J connectivity index is 2.07. The molecule has 0 radical (unpaired) electrons. The minimum absolute atomic E-state index is 0.00418. The Morgan fingerprint density at radius 1 is 1.23 bits per heavy atom. The van der Waals surface area contributed by atoms with E-state index >= 15 is 0 Å². The second-order valence-electron chi connectivity index (χ2n) is 6.58. The van der Waals surface area contributed by atoms with Crippen molar-refractivity contribution in [2.45, 2.75) is 45.2 Å². The Morgan fingerprint density at radius 3 is 2.42 bits per heavy atom. The van der Waals surface area contributed by atoms with Crippen LogP contribution in [-0.2, 0) is 15.8 Å².